The van der Waals surface area contributed by atoms with Crippen molar-refractivity contribution < 1.29 is 0 Å². The molecule has 0 aliphatic heterocycles. The topological polar surface area (TPSA) is 0 Å². The lowest BCUT2D eigenvalue weighted by molar-refractivity contribution is 0.384. The summed E-state index contributed by atoms with van der Waals surface area (Å²) in [6.07, 6.45) is 9.54. The van der Waals surface area contributed by atoms with E-state index in [9.17, 15) is 0 Å². The maximum atomic E-state index is 6.12. The Kier molecular flexibility index (Phi) is 7.44. The van der Waals surface area contributed by atoms with Gasteiger partial charge >= 0.3 is 0 Å². The molecular formula is C30H35Cl. The number of hydrogen-bond donors (Lipinski definition) is 0. The fraction of sp³-hybridized carbons (Fsp3) is 0.333. The van der Waals surface area contributed by atoms with Crippen LogP contribution in [-0.2, 0) is 19.3 Å². The summed E-state index contributed by atoms with van der Waals surface area (Å²) in [5.74, 6) is 0. The van der Waals surface area contributed by atoms with Gasteiger partial charge in [-0.15, -0.1) is 0 Å². The summed E-state index contributed by atoms with van der Waals surface area (Å²) in [5, 5.41) is 0.694. The third kappa shape index (κ3) is 5.31. The number of rotatable bonds is 8. The summed E-state index contributed by atoms with van der Waals surface area (Å²) >= 11 is 6.12. The second-order valence-electron chi connectivity index (χ2n) is 9.19. The van der Waals surface area contributed by atoms with Gasteiger partial charge in [0.1, 0.15) is 0 Å². The van der Waals surface area contributed by atoms with Crippen LogP contribution in [0.5, 0.6) is 0 Å². The summed E-state index contributed by atoms with van der Waals surface area (Å²) in [6, 6.07) is 15.3. The smallest absolute Gasteiger partial charge is 0.0153 e. The lowest BCUT2D eigenvalue weighted by atomic mass is 9.70. The van der Waals surface area contributed by atoms with Gasteiger partial charge in [0.15, 0.2) is 0 Å². The van der Waals surface area contributed by atoms with E-state index < -0.39 is 0 Å². The van der Waals surface area contributed by atoms with Gasteiger partial charge in [-0.3, -0.25) is 0 Å². The van der Waals surface area contributed by atoms with Gasteiger partial charge in [-0.2, -0.15) is 0 Å². The minimum atomic E-state index is 0.103. The maximum absolute atomic E-state index is 6.12. The van der Waals surface area contributed by atoms with Crippen molar-refractivity contribution in [1.29, 1.82) is 0 Å². The largest absolute Gasteiger partial charge is 0.0984 e. The van der Waals surface area contributed by atoms with E-state index in [1.54, 1.807) is 0 Å². The van der Waals surface area contributed by atoms with Crippen LogP contribution in [0, 0.1) is 12.3 Å². The number of hydrogen-bond acceptors (Lipinski definition) is 0. The molecule has 3 rings (SSSR count). The zero-order chi connectivity index (χ0) is 22.6. The number of benzene rings is 2. The second kappa shape index (κ2) is 9.88. The molecule has 0 nitrogen and oxygen atoms in total. The average molecular weight is 431 g/mol. The van der Waals surface area contributed by atoms with Gasteiger partial charge in [-0.05, 0) is 83.9 Å². The first kappa shape index (κ1) is 23.4. The molecule has 2 aromatic rings. The van der Waals surface area contributed by atoms with Gasteiger partial charge in [0.25, 0.3) is 0 Å². The average Bonchev–Trinajstić information content (AvgIpc) is 2.72. The van der Waals surface area contributed by atoms with Crippen LogP contribution in [0.4, 0.5) is 0 Å². The molecule has 162 valence electrons. The highest BCUT2D eigenvalue weighted by Crippen LogP contribution is 2.45. The Hall–Kier alpha value is -2.31. The van der Waals surface area contributed by atoms with E-state index in [2.05, 4.69) is 89.4 Å². The molecule has 31 heavy (non-hydrogen) atoms. The zero-order valence-corrected chi connectivity index (χ0v) is 20.3. The third-order valence-corrected chi connectivity index (χ3v) is 6.83. The van der Waals surface area contributed by atoms with E-state index in [-0.39, 0.29) is 5.41 Å². The van der Waals surface area contributed by atoms with Gasteiger partial charge in [0.2, 0.25) is 0 Å². The summed E-state index contributed by atoms with van der Waals surface area (Å²) in [5.41, 5.74) is 11.0. The van der Waals surface area contributed by atoms with E-state index >= 15 is 0 Å². The second-order valence-corrected chi connectivity index (χ2v) is 9.73. The first-order valence-corrected chi connectivity index (χ1v) is 11.7. The summed E-state index contributed by atoms with van der Waals surface area (Å²) in [4.78, 5) is 0. The molecule has 0 radical (unpaired) electrons. The predicted molar refractivity (Wildman–Crippen MR) is 138 cm³/mol. The minimum Gasteiger partial charge on any atom is -0.0984 e. The molecule has 1 aliphatic carbocycles. The SMILES string of the molecule is C=CC1=C(C)CC(C)(CCc2ccccc2CC(=C)Cl)C=C1c1cccc(CC)c1C. The van der Waals surface area contributed by atoms with Crippen molar-refractivity contribution in [3.8, 4) is 0 Å². The molecule has 0 aromatic heterocycles. The molecule has 0 fully saturated rings. The number of aryl methyl sites for hydroxylation is 2. The molecule has 0 amide bonds. The predicted octanol–water partition coefficient (Wildman–Crippen LogP) is 8.78. The molecule has 1 atom stereocenters. The molecule has 0 saturated carbocycles. The van der Waals surface area contributed by atoms with Crippen LogP contribution >= 0.6 is 11.6 Å². The van der Waals surface area contributed by atoms with E-state index in [1.165, 1.54) is 44.5 Å². The van der Waals surface area contributed by atoms with E-state index in [1.807, 2.05) is 6.08 Å². The van der Waals surface area contributed by atoms with Crippen molar-refractivity contribution in [1.82, 2.24) is 0 Å². The molecule has 2 aromatic carbocycles. The van der Waals surface area contributed by atoms with E-state index in [4.69, 9.17) is 11.6 Å². The van der Waals surface area contributed by atoms with Crippen molar-refractivity contribution >= 4 is 17.2 Å². The van der Waals surface area contributed by atoms with Crippen LogP contribution in [0.2, 0.25) is 0 Å². The Morgan fingerprint density at radius 1 is 1.06 bits per heavy atom. The molecule has 0 spiro atoms. The van der Waals surface area contributed by atoms with Crippen LogP contribution in [0.15, 0.2) is 84.0 Å². The van der Waals surface area contributed by atoms with E-state index in [0.29, 0.717) is 5.03 Å². The van der Waals surface area contributed by atoms with Gasteiger partial charge in [0, 0.05) is 11.5 Å². The van der Waals surface area contributed by atoms with Gasteiger partial charge in [-0.25, -0.2) is 0 Å². The Morgan fingerprint density at radius 2 is 1.74 bits per heavy atom. The highest BCUT2D eigenvalue weighted by molar-refractivity contribution is 6.29. The standard InChI is InChI=1S/C30H35Cl/c1-7-24-14-11-15-28(23(24)5)29-20-30(6,19-21(3)27(29)8-2)17-16-25-12-9-10-13-26(25)18-22(4)31/h8-15,20H,2,4,7,16-19H2,1,3,5-6H3. The minimum absolute atomic E-state index is 0.103. The first-order valence-electron chi connectivity index (χ1n) is 11.3. The molecule has 1 unspecified atom stereocenters. The third-order valence-electron chi connectivity index (χ3n) is 6.70. The fourth-order valence-electron chi connectivity index (χ4n) is 5.03. The summed E-state index contributed by atoms with van der Waals surface area (Å²) < 4.78 is 0. The van der Waals surface area contributed by atoms with E-state index in [0.717, 1.165) is 32.1 Å². The molecule has 1 aliphatic rings. The Balaban J connectivity index is 1.96. The number of allylic oxidation sites excluding steroid dienone is 6. The van der Waals surface area contributed by atoms with Gasteiger partial charge < -0.3 is 0 Å². The molecule has 1 heteroatoms. The quantitative estimate of drug-likeness (QED) is 0.392. The van der Waals surface area contributed by atoms with Gasteiger partial charge in [-0.1, -0.05) is 98.8 Å². The fourth-order valence-corrected chi connectivity index (χ4v) is 5.18. The van der Waals surface area contributed by atoms with Crippen molar-refractivity contribution in [2.24, 2.45) is 5.41 Å². The molecule has 0 N–H and O–H groups in total. The van der Waals surface area contributed by atoms with Crippen LogP contribution in [0.3, 0.4) is 0 Å². The van der Waals surface area contributed by atoms with Crippen molar-refractivity contribution in [2.75, 3.05) is 0 Å². The van der Waals surface area contributed by atoms with Gasteiger partial charge in [0.05, 0.1) is 0 Å². The molecule has 0 heterocycles. The Labute approximate surface area is 194 Å². The van der Waals surface area contributed by atoms with Crippen LogP contribution in [0.1, 0.15) is 61.4 Å². The Morgan fingerprint density at radius 3 is 2.39 bits per heavy atom. The zero-order valence-electron chi connectivity index (χ0n) is 19.5. The lowest BCUT2D eigenvalue weighted by Crippen LogP contribution is -2.20. The van der Waals surface area contributed by atoms with Crippen LogP contribution in [-0.4, -0.2) is 0 Å². The summed E-state index contributed by atoms with van der Waals surface area (Å²) in [7, 11) is 0. The first-order chi connectivity index (χ1) is 14.8. The Bertz CT molecular complexity index is 1050. The molecule has 0 bridgehead atoms. The number of halogens is 1. The normalized spacial score (nSPS) is 18.7. The maximum Gasteiger partial charge on any atom is 0.0153 e. The lowest BCUT2D eigenvalue weighted by Gasteiger charge is -2.34. The van der Waals surface area contributed by atoms with Crippen LogP contribution < -0.4 is 0 Å². The van der Waals surface area contributed by atoms with Crippen molar-refractivity contribution in [2.45, 2.75) is 59.8 Å². The summed E-state index contributed by atoms with van der Waals surface area (Å²) in [6.45, 7) is 17.2. The highest BCUT2D eigenvalue weighted by Gasteiger charge is 2.29. The van der Waals surface area contributed by atoms with Crippen molar-refractivity contribution in [3.63, 3.8) is 0 Å². The van der Waals surface area contributed by atoms with Crippen molar-refractivity contribution in [3.05, 3.63) is 112 Å². The molecule has 0 saturated heterocycles. The highest BCUT2D eigenvalue weighted by atomic mass is 35.5. The molecular weight excluding hydrogens is 396 g/mol. The van der Waals surface area contributed by atoms with Crippen LogP contribution in [0.25, 0.3) is 5.57 Å². The monoisotopic (exact) mass is 430 g/mol.